The Morgan fingerprint density at radius 3 is 2.54 bits per heavy atom. The predicted molar refractivity (Wildman–Crippen MR) is 94.0 cm³/mol. The van der Waals surface area contributed by atoms with Crippen LogP contribution in [0.5, 0.6) is 0 Å². The van der Waals surface area contributed by atoms with Crippen molar-refractivity contribution in [3.63, 3.8) is 0 Å². The topological polar surface area (TPSA) is 87.5 Å². The molecule has 0 radical (unpaired) electrons. The molecule has 6 nitrogen and oxygen atoms in total. The summed E-state index contributed by atoms with van der Waals surface area (Å²) >= 11 is 0. The van der Waals surface area contributed by atoms with Crippen molar-refractivity contribution in [3.8, 4) is 0 Å². The molecule has 132 valence electrons. The van der Waals surface area contributed by atoms with Crippen molar-refractivity contribution in [3.05, 3.63) is 35.4 Å². The Balaban J connectivity index is 1.73. The summed E-state index contributed by atoms with van der Waals surface area (Å²) in [5.74, 6) is 0.234. The van der Waals surface area contributed by atoms with E-state index in [1.54, 1.807) is 0 Å². The number of benzene rings is 1. The second-order valence-corrected chi connectivity index (χ2v) is 6.56. The van der Waals surface area contributed by atoms with Gasteiger partial charge in [0.15, 0.2) is 0 Å². The number of nitrogens with two attached hydrogens (primary N) is 1. The van der Waals surface area contributed by atoms with Crippen molar-refractivity contribution in [2.75, 3.05) is 26.2 Å². The summed E-state index contributed by atoms with van der Waals surface area (Å²) in [6.07, 6.45) is 2.62. The Morgan fingerprint density at radius 1 is 1.17 bits per heavy atom. The molecule has 0 saturated carbocycles. The molecule has 1 unspecified atom stereocenters. The van der Waals surface area contributed by atoms with Gasteiger partial charge in [-0.2, -0.15) is 0 Å². The van der Waals surface area contributed by atoms with Crippen molar-refractivity contribution in [2.24, 2.45) is 11.7 Å². The van der Waals surface area contributed by atoms with Crippen LogP contribution in [0.15, 0.2) is 24.3 Å². The fourth-order valence-corrected chi connectivity index (χ4v) is 2.97. The van der Waals surface area contributed by atoms with E-state index >= 15 is 0 Å². The van der Waals surface area contributed by atoms with Crippen LogP contribution in [0.2, 0.25) is 0 Å². The second-order valence-electron chi connectivity index (χ2n) is 6.56. The summed E-state index contributed by atoms with van der Waals surface area (Å²) in [5.41, 5.74) is 7.51. The quantitative estimate of drug-likeness (QED) is 0.683. The zero-order valence-corrected chi connectivity index (χ0v) is 14.4. The van der Waals surface area contributed by atoms with Gasteiger partial charge in [-0.25, -0.2) is 0 Å². The van der Waals surface area contributed by atoms with Gasteiger partial charge >= 0.3 is 0 Å². The molecule has 0 spiro atoms. The van der Waals surface area contributed by atoms with Gasteiger partial charge in [-0.05, 0) is 36.4 Å². The third-order valence-electron chi connectivity index (χ3n) is 4.29. The Hall–Kier alpha value is -1.92. The van der Waals surface area contributed by atoms with Gasteiger partial charge in [0.05, 0.1) is 13.1 Å². The maximum Gasteiger partial charge on any atom is 0.239 e. The number of likely N-dealkylation sites (tertiary alicyclic amines) is 1. The van der Waals surface area contributed by atoms with E-state index < -0.39 is 0 Å². The van der Waals surface area contributed by atoms with E-state index in [4.69, 9.17) is 5.73 Å². The Kier molecular flexibility index (Phi) is 7.21. The molecule has 1 atom stereocenters. The number of carbonyl (C=O) groups excluding carboxylic acids is 2. The SMILES string of the molecule is CC1CCCN(Cc2ccc(CNC(=O)CNC(=O)CN)cc2)C1. The highest BCUT2D eigenvalue weighted by Crippen LogP contribution is 2.18. The normalized spacial score (nSPS) is 18.2. The number of amides is 2. The molecule has 1 aromatic rings. The van der Waals surface area contributed by atoms with Crippen LogP contribution in [0.4, 0.5) is 0 Å². The molecule has 1 heterocycles. The molecule has 1 fully saturated rings. The molecule has 1 aliphatic rings. The van der Waals surface area contributed by atoms with E-state index in [9.17, 15) is 9.59 Å². The Morgan fingerprint density at radius 2 is 1.88 bits per heavy atom. The third kappa shape index (κ3) is 6.29. The molecule has 24 heavy (non-hydrogen) atoms. The minimum atomic E-state index is -0.332. The third-order valence-corrected chi connectivity index (χ3v) is 4.29. The number of nitrogens with one attached hydrogen (secondary N) is 2. The molecule has 6 heteroatoms. The minimum Gasteiger partial charge on any atom is -0.350 e. The van der Waals surface area contributed by atoms with Crippen LogP contribution in [0.25, 0.3) is 0 Å². The van der Waals surface area contributed by atoms with Crippen molar-refractivity contribution >= 4 is 11.8 Å². The Bertz CT molecular complexity index is 544. The Labute approximate surface area is 143 Å². The van der Waals surface area contributed by atoms with Crippen molar-refractivity contribution in [1.82, 2.24) is 15.5 Å². The molecule has 0 aromatic heterocycles. The van der Waals surface area contributed by atoms with E-state index in [1.165, 1.54) is 31.5 Å². The predicted octanol–water partition coefficient (Wildman–Crippen LogP) is 0.610. The summed E-state index contributed by atoms with van der Waals surface area (Å²) in [6.45, 7) is 5.96. The molecule has 0 bridgehead atoms. The molecule has 1 aromatic carbocycles. The van der Waals surface area contributed by atoms with Crippen molar-refractivity contribution in [1.29, 1.82) is 0 Å². The molecule has 1 aliphatic heterocycles. The number of hydrogen-bond acceptors (Lipinski definition) is 4. The minimum absolute atomic E-state index is 0.0404. The highest BCUT2D eigenvalue weighted by Gasteiger charge is 2.16. The van der Waals surface area contributed by atoms with E-state index in [0.717, 1.165) is 18.0 Å². The fourth-order valence-electron chi connectivity index (χ4n) is 2.97. The number of carbonyl (C=O) groups is 2. The standard InChI is InChI=1S/C18H28N4O2/c1-14-3-2-8-22(12-14)13-16-6-4-15(5-7-16)10-20-18(24)11-21-17(23)9-19/h4-7,14H,2-3,8-13,19H2,1H3,(H,20,24)(H,21,23). The van der Waals surface area contributed by atoms with Crippen LogP contribution >= 0.6 is 0 Å². The molecule has 2 amide bonds. The maximum absolute atomic E-state index is 11.6. The molecule has 0 aliphatic carbocycles. The van der Waals surface area contributed by atoms with Gasteiger partial charge < -0.3 is 16.4 Å². The fraction of sp³-hybridized carbons (Fsp3) is 0.556. The van der Waals surface area contributed by atoms with Gasteiger partial charge in [0.2, 0.25) is 11.8 Å². The second kappa shape index (κ2) is 9.39. The molecular formula is C18H28N4O2. The number of rotatable bonds is 7. The van der Waals surface area contributed by atoms with Gasteiger partial charge in [-0.15, -0.1) is 0 Å². The summed E-state index contributed by atoms with van der Waals surface area (Å²) in [6, 6.07) is 8.33. The lowest BCUT2D eigenvalue weighted by Crippen LogP contribution is -2.39. The summed E-state index contributed by atoms with van der Waals surface area (Å²) < 4.78 is 0. The van der Waals surface area contributed by atoms with Crippen molar-refractivity contribution < 1.29 is 9.59 Å². The van der Waals surface area contributed by atoms with Crippen LogP contribution in [0.1, 0.15) is 30.9 Å². The first-order valence-electron chi connectivity index (χ1n) is 8.60. The lowest BCUT2D eigenvalue weighted by atomic mass is 9.99. The molecular weight excluding hydrogens is 304 g/mol. The van der Waals surface area contributed by atoms with E-state index in [-0.39, 0.29) is 24.9 Å². The average molecular weight is 332 g/mol. The lowest BCUT2D eigenvalue weighted by molar-refractivity contribution is -0.125. The molecule has 1 saturated heterocycles. The maximum atomic E-state index is 11.6. The smallest absolute Gasteiger partial charge is 0.239 e. The zero-order chi connectivity index (χ0) is 17.4. The average Bonchev–Trinajstić information content (AvgIpc) is 2.59. The highest BCUT2D eigenvalue weighted by atomic mass is 16.2. The molecule has 4 N–H and O–H groups in total. The van der Waals surface area contributed by atoms with Crippen LogP contribution in [0.3, 0.4) is 0 Å². The van der Waals surface area contributed by atoms with Gasteiger partial charge in [-0.3, -0.25) is 14.5 Å². The first-order chi connectivity index (χ1) is 11.6. The largest absolute Gasteiger partial charge is 0.350 e. The van der Waals surface area contributed by atoms with Crippen molar-refractivity contribution in [2.45, 2.75) is 32.9 Å². The van der Waals surface area contributed by atoms with Crippen LogP contribution in [0, 0.1) is 5.92 Å². The van der Waals surface area contributed by atoms with Gasteiger partial charge in [0, 0.05) is 19.6 Å². The number of nitrogens with zero attached hydrogens (tertiary/aromatic N) is 1. The van der Waals surface area contributed by atoms with E-state index in [2.05, 4.69) is 34.6 Å². The van der Waals surface area contributed by atoms with Gasteiger partial charge in [-0.1, -0.05) is 31.2 Å². The van der Waals surface area contributed by atoms with Crippen LogP contribution in [-0.2, 0) is 22.7 Å². The first kappa shape index (κ1) is 18.4. The monoisotopic (exact) mass is 332 g/mol. The zero-order valence-electron chi connectivity index (χ0n) is 14.4. The van der Waals surface area contributed by atoms with E-state index in [1.807, 2.05) is 12.1 Å². The number of piperidine rings is 1. The first-order valence-corrected chi connectivity index (χ1v) is 8.60. The summed E-state index contributed by atoms with van der Waals surface area (Å²) in [5, 5.41) is 5.23. The van der Waals surface area contributed by atoms with Gasteiger partial charge in [0.25, 0.3) is 0 Å². The number of hydrogen-bond donors (Lipinski definition) is 3. The summed E-state index contributed by atoms with van der Waals surface area (Å²) in [7, 11) is 0. The highest BCUT2D eigenvalue weighted by molar-refractivity contribution is 5.85. The van der Waals surface area contributed by atoms with Crippen LogP contribution < -0.4 is 16.4 Å². The van der Waals surface area contributed by atoms with Gasteiger partial charge in [0.1, 0.15) is 0 Å². The summed E-state index contributed by atoms with van der Waals surface area (Å²) in [4.78, 5) is 25.1. The van der Waals surface area contributed by atoms with Crippen LogP contribution in [-0.4, -0.2) is 42.9 Å². The van der Waals surface area contributed by atoms with E-state index in [0.29, 0.717) is 6.54 Å². The lowest BCUT2D eigenvalue weighted by Gasteiger charge is -2.30. The molecule has 2 rings (SSSR count).